The molecule has 4 rings (SSSR count). The summed E-state index contributed by atoms with van der Waals surface area (Å²) in [6, 6.07) is 10.5. The van der Waals surface area contributed by atoms with E-state index in [9.17, 15) is 13.2 Å². The third-order valence-corrected chi connectivity index (χ3v) is 7.35. The molecule has 1 aromatic carbocycles. The summed E-state index contributed by atoms with van der Waals surface area (Å²) < 4.78 is 29.8. The van der Waals surface area contributed by atoms with E-state index >= 15 is 0 Å². The molecule has 3 heterocycles. The van der Waals surface area contributed by atoms with Gasteiger partial charge in [-0.3, -0.25) is 4.79 Å². The maximum Gasteiger partial charge on any atom is 0.242 e. The van der Waals surface area contributed by atoms with Gasteiger partial charge < -0.3 is 9.88 Å². The highest BCUT2D eigenvalue weighted by molar-refractivity contribution is 7.89. The van der Waals surface area contributed by atoms with Gasteiger partial charge in [0.05, 0.1) is 15.9 Å². The minimum absolute atomic E-state index is 0.110. The number of hydrogen-bond acceptors (Lipinski definition) is 6. The molecule has 1 amide bonds. The van der Waals surface area contributed by atoms with Crippen molar-refractivity contribution in [3.63, 3.8) is 0 Å². The summed E-state index contributed by atoms with van der Waals surface area (Å²) in [5.41, 5.74) is 2.30. The van der Waals surface area contributed by atoms with Crippen molar-refractivity contribution >= 4 is 27.0 Å². The van der Waals surface area contributed by atoms with Crippen LogP contribution in [-0.4, -0.2) is 57.0 Å². The topological polar surface area (TPSA) is 115 Å². The molecule has 178 valence electrons. The number of imidazole rings is 1. The molecule has 0 saturated heterocycles. The Bertz CT molecular complexity index is 1410. The molecule has 10 nitrogen and oxygen atoms in total. The first-order chi connectivity index (χ1) is 16.3. The largest absolute Gasteiger partial charge is 0.352 e. The highest BCUT2D eigenvalue weighted by atomic mass is 32.2. The number of pyridine rings is 1. The summed E-state index contributed by atoms with van der Waals surface area (Å²) in [4.78, 5) is 21.8. The van der Waals surface area contributed by atoms with Crippen molar-refractivity contribution in [1.82, 2.24) is 33.9 Å². The summed E-state index contributed by atoms with van der Waals surface area (Å²) in [5, 5.41) is 7.15. The fraction of sp³-hybridized carbons (Fsp3) is 0.304. The summed E-state index contributed by atoms with van der Waals surface area (Å²) in [7, 11) is -0.554. The smallest absolute Gasteiger partial charge is 0.242 e. The van der Waals surface area contributed by atoms with E-state index in [2.05, 4.69) is 20.4 Å². The standard InChI is InChI=1S/C23H27N7O3S/c1-4-29-20-9-8-18(34(32,33)28(2)3)15-19(20)27-21(29)10-11-22(31)25-16-17-7-5-12-24-23(17)30-14-6-13-26-30/h5-9,12-15H,4,10-11,16H2,1-3H3,(H,25,31). The molecule has 0 unspecified atom stereocenters. The van der Waals surface area contributed by atoms with E-state index in [1.54, 1.807) is 41.5 Å². The van der Waals surface area contributed by atoms with E-state index in [1.807, 2.05) is 29.7 Å². The average Bonchev–Trinajstić information content (AvgIpc) is 3.48. The van der Waals surface area contributed by atoms with Crippen LogP contribution in [0, 0.1) is 0 Å². The lowest BCUT2D eigenvalue weighted by Crippen LogP contribution is -2.24. The zero-order valence-electron chi connectivity index (χ0n) is 19.3. The Morgan fingerprint density at radius 3 is 2.68 bits per heavy atom. The van der Waals surface area contributed by atoms with E-state index in [4.69, 9.17) is 0 Å². The highest BCUT2D eigenvalue weighted by Gasteiger charge is 2.20. The number of amides is 1. The van der Waals surface area contributed by atoms with Crippen LogP contribution in [0.25, 0.3) is 16.9 Å². The molecule has 4 aromatic rings. The zero-order chi connectivity index (χ0) is 24.3. The number of carbonyl (C=O) groups is 1. The number of sulfonamides is 1. The molecule has 0 spiro atoms. The van der Waals surface area contributed by atoms with Gasteiger partial charge in [0.15, 0.2) is 5.82 Å². The van der Waals surface area contributed by atoms with Gasteiger partial charge in [-0.15, -0.1) is 0 Å². The van der Waals surface area contributed by atoms with Crippen molar-refractivity contribution in [3.05, 3.63) is 66.4 Å². The molecule has 0 bridgehead atoms. The Morgan fingerprint density at radius 1 is 1.15 bits per heavy atom. The maximum atomic E-state index is 12.6. The first kappa shape index (κ1) is 23.6. The second-order valence-corrected chi connectivity index (χ2v) is 10.1. The Hall–Kier alpha value is -3.57. The molecule has 1 N–H and O–H groups in total. The minimum atomic E-state index is -3.55. The van der Waals surface area contributed by atoms with E-state index in [0.717, 1.165) is 16.9 Å². The minimum Gasteiger partial charge on any atom is -0.352 e. The van der Waals surface area contributed by atoms with Gasteiger partial charge >= 0.3 is 0 Å². The third kappa shape index (κ3) is 4.70. The van der Waals surface area contributed by atoms with Crippen LogP contribution in [0.1, 0.15) is 24.7 Å². The van der Waals surface area contributed by atoms with Crippen molar-refractivity contribution in [2.75, 3.05) is 14.1 Å². The Kier molecular flexibility index (Phi) is 6.75. The molecular formula is C23H27N7O3S. The molecule has 0 aliphatic heterocycles. The number of aryl methyl sites for hydroxylation is 2. The van der Waals surface area contributed by atoms with Crippen molar-refractivity contribution < 1.29 is 13.2 Å². The first-order valence-corrected chi connectivity index (χ1v) is 12.4. The Morgan fingerprint density at radius 2 is 1.97 bits per heavy atom. The predicted molar refractivity (Wildman–Crippen MR) is 128 cm³/mol. The van der Waals surface area contributed by atoms with Gasteiger partial charge in [0.2, 0.25) is 15.9 Å². The molecule has 11 heteroatoms. The van der Waals surface area contributed by atoms with Gasteiger partial charge in [-0.2, -0.15) is 5.10 Å². The number of fused-ring (bicyclic) bond motifs is 1. The molecule has 34 heavy (non-hydrogen) atoms. The van der Waals surface area contributed by atoms with Gasteiger partial charge in [0, 0.05) is 64.2 Å². The second kappa shape index (κ2) is 9.74. The Labute approximate surface area is 198 Å². The van der Waals surface area contributed by atoms with Gasteiger partial charge in [-0.25, -0.2) is 27.4 Å². The number of hydrogen-bond donors (Lipinski definition) is 1. The fourth-order valence-corrected chi connectivity index (χ4v) is 4.67. The number of rotatable bonds is 9. The van der Waals surface area contributed by atoms with Crippen molar-refractivity contribution in [2.24, 2.45) is 0 Å². The monoisotopic (exact) mass is 481 g/mol. The number of aromatic nitrogens is 5. The lowest BCUT2D eigenvalue weighted by Gasteiger charge is -2.11. The normalized spacial score (nSPS) is 11.9. The lowest BCUT2D eigenvalue weighted by molar-refractivity contribution is -0.121. The summed E-state index contributed by atoms with van der Waals surface area (Å²) in [6.45, 7) is 2.99. The molecule has 0 radical (unpaired) electrons. The lowest BCUT2D eigenvalue weighted by atomic mass is 10.2. The van der Waals surface area contributed by atoms with E-state index in [0.29, 0.717) is 30.8 Å². The van der Waals surface area contributed by atoms with E-state index < -0.39 is 10.0 Å². The number of nitrogens with zero attached hydrogens (tertiary/aromatic N) is 6. The number of benzene rings is 1. The van der Waals surface area contributed by atoms with E-state index in [-0.39, 0.29) is 17.2 Å². The van der Waals surface area contributed by atoms with Crippen LogP contribution >= 0.6 is 0 Å². The molecule has 3 aromatic heterocycles. The average molecular weight is 482 g/mol. The number of carbonyl (C=O) groups excluding carboxylic acids is 1. The summed E-state index contributed by atoms with van der Waals surface area (Å²) >= 11 is 0. The van der Waals surface area contributed by atoms with Crippen LogP contribution in [-0.2, 0) is 34.3 Å². The Balaban J connectivity index is 1.46. The number of nitrogens with one attached hydrogen (secondary N) is 1. The predicted octanol–water partition coefficient (Wildman–Crippen LogP) is 2.14. The van der Waals surface area contributed by atoms with Gasteiger partial charge in [0.1, 0.15) is 5.82 Å². The summed E-state index contributed by atoms with van der Waals surface area (Å²) in [5.74, 6) is 1.30. The van der Waals surface area contributed by atoms with Crippen LogP contribution in [0.5, 0.6) is 0 Å². The quantitative estimate of drug-likeness (QED) is 0.392. The van der Waals surface area contributed by atoms with Crippen LogP contribution in [0.15, 0.2) is 59.9 Å². The molecular weight excluding hydrogens is 454 g/mol. The fourth-order valence-electron chi connectivity index (χ4n) is 3.75. The van der Waals surface area contributed by atoms with Crippen LogP contribution in [0.2, 0.25) is 0 Å². The highest BCUT2D eigenvalue weighted by Crippen LogP contribution is 2.23. The van der Waals surface area contributed by atoms with Gasteiger partial charge in [0.25, 0.3) is 0 Å². The first-order valence-electron chi connectivity index (χ1n) is 10.9. The molecule has 0 fully saturated rings. The van der Waals surface area contributed by atoms with Crippen molar-refractivity contribution in [2.45, 2.75) is 37.8 Å². The van der Waals surface area contributed by atoms with Crippen molar-refractivity contribution in [3.8, 4) is 5.82 Å². The van der Waals surface area contributed by atoms with Gasteiger partial charge in [-0.05, 0) is 37.3 Å². The summed E-state index contributed by atoms with van der Waals surface area (Å²) in [6.07, 6.45) is 5.85. The molecule has 0 atom stereocenters. The van der Waals surface area contributed by atoms with Gasteiger partial charge in [-0.1, -0.05) is 6.07 Å². The molecule has 0 aliphatic rings. The second-order valence-electron chi connectivity index (χ2n) is 7.92. The molecule has 0 saturated carbocycles. The maximum absolute atomic E-state index is 12.6. The molecule has 0 aliphatic carbocycles. The SMILES string of the molecule is CCn1c(CCC(=O)NCc2cccnc2-n2cccn2)nc2cc(S(=O)(=O)N(C)C)ccc21. The van der Waals surface area contributed by atoms with E-state index in [1.165, 1.54) is 18.4 Å². The van der Waals surface area contributed by atoms with Crippen LogP contribution in [0.3, 0.4) is 0 Å². The van der Waals surface area contributed by atoms with Crippen LogP contribution < -0.4 is 5.32 Å². The van der Waals surface area contributed by atoms with Crippen molar-refractivity contribution in [1.29, 1.82) is 0 Å². The van der Waals surface area contributed by atoms with Crippen LogP contribution in [0.4, 0.5) is 0 Å². The zero-order valence-corrected chi connectivity index (χ0v) is 20.2. The third-order valence-electron chi connectivity index (χ3n) is 5.53.